The lowest BCUT2D eigenvalue weighted by atomic mass is 9.84. The summed E-state index contributed by atoms with van der Waals surface area (Å²) < 4.78 is 0. The zero-order chi connectivity index (χ0) is 17.5. The van der Waals surface area contributed by atoms with Crippen molar-refractivity contribution in [3.63, 3.8) is 0 Å². The Balaban J connectivity index is 0.00000182. The Morgan fingerprint density at radius 3 is 2.48 bits per heavy atom. The molecule has 1 amide bonds. The van der Waals surface area contributed by atoms with Crippen molar-refractivity contribution in [2.45, 2.75) is 51.9 Å². The first kappa shape index (κ1) is 24.1. The topological polar surface area (TPSA) is 44.4 Å². The normalized spacial score (nSPS) is 19.2. The van der Waals surface area contributed by atoms with Crippen molar-refractivity contribution in [2.24, 2.45) is 11.8 Å². The molecule has 2 heterocycles. The predicted octanol–water partition coefficient (Wildman–Crippen LogP) is 4.87. The van der Waals surface area contributed by atoms with Crippen LogP contribution in [0.1, 0.15) is 51.9 Å². The summed E-state index contributed by atoms with van der Waals surface area (Å²) in [7, 11) is 0. The molecule has 27 heavy (non-hydrogen) atoms. The van der Waals surface area contributed by atoms with Crippen LogP contribution in [0.15, 0.2) is 24.3 Å². The molecule has 2 saturated heterocycles. The van der Waals surface area contributed by atoms with Crippen molar-refractivity contribution in [1.82, 2.24) is 5.32 Å². The third-order valence-electron chi connectivity index (χ3n) is 5.80. The van der Waals surface area contributed by atoms with Crippen LogP contribution in [0.2, 0.25) is 0 Å². The second kappa shape index (κ2) is 12.5. The number of benzene rings is 1. The number of hydrogen-bond acceptors (Lipinski definition) is 3. The summed E-state index contributed by atoms with van der Waals surface area (Å²) in [6.07, 6.45) is 8.22. The Morgan fingerprint density at radius 2 is 1.81 bits per heavy atom. The van der Waals surface area contributed by atoms with Gasteiger partial charge in [0.05, 0.1) is 0 Å². The minimum atomic E-state index is 0. The first-order valence-corrected chi connectivity index (χ1v) is 10.1. The van der Waals surface area contributed by atoms with Crippen LogP contribution in [0.25, 0.3) is 0 Å². The van der Waals surface area contributed by atoms with Gasteiger partial charge in [-0.25, -0.2) is 0 Å². The fourth-order valence-corrected chi connectivity index (χ4v) is 4.19. The van der Waals surface area contributed by atoms with Gasteiger partial charge in [0.1, 0.15) is 0 Å². The summed E-state index contributed by atoms with van der Waals surface area (Å²) in [6, 6.07) is 8.37. The molecule has 2 fully saturated rings. The molecule has 6 heteroatoms. The summed E-state index contributed by atoms with van der Waals surface area (Å²) in [5.74, 6) is 1.28. The highest BCUT2D eigenvalue weighted by atomic mass is 35.5. The van der Waals surface area contributed by atoms with E-state index in [-0.39, 0.29) is 30.7 Å². The maximum atomic E-state index is 12.5. The molecule has 1 atom stereocenters. The molecule has 0 saturated carbocycles. The van der Waals surface area contributed by atoms with Gasteiger partial charge < -0.3 is 15.5 Å². The van der Waals surface area contributed by atoms with Gasteiger partial charge in [-0.1, -0.05) is 25.8 Å². The second-order valence-corrected chi connectivity index (χ2v) is 7.77. The molecule has 0 spiro atoms. The number of nitrogens with one attached hydrogen (secondary N) is 2. The molecule has 1 aromatic carbocycles. The van der Waals surface area contributed by atoms with E-state index in [2.05, 4.69) is 40.7 Å². The average molecular weight is 416 g/mol. The van der Waals surface area contributed by atoms with Crippen molar-refractivity contribution in [3.05, 3.63) is 24.3 Å². The molecule has 2 aliphatic heterocycles. The highest BCUT2D eigenvalue weighted by Crippen LogP contribution is 2.26. The third kappa shape index (κ3) is 7.52. The Hall–Kier alpha value is -0.970. The summed E-state index contributed by atoms with van der Waals surface area (Å²) >= 11 is 0. The quantitative estimate of drug-likeness (QED) is 0.720. The van der Waals surface area contributed by atoms with Crippen LogP contribution < -0.4 is 15.5 Å². The number of rotatable bonds is 5. The number of amides is 1. The Bertz CT molecular complexity index is 556. The molecule has 0 aromatic heterocycles. The van der Waals surface area contributed by atoms with Crippen LogP contribution in [0.5, 0.6) is 0 Å². The standard InChI is InChI=1S/C21H33N3O.2ClH/c1-17(18-9-11-22-12-10-18)15-21(25)23-19-7-6-8-20(16-19)24-13-4-2-3-5-14-24;;/h6-8,16-18,22H,2-5,9-15H2,1H3,(H,23,25);2*1H. The number of carbonyl (C=O) groups excluding carboxylic acids is 1. The maximum Gasteiger partial charge on any atom is 0.224 e. The Labute approximate surface area is 176 Å². The van der Waals surface area contributed by atoms with Crippen LogP contribution >= 0.6 is 24.8 Å². The third-order valence-corrected chi connectivity index (χ3v) is 5.80. The summed E-state index contributed by atoms with van der Waals surface area (Å²) in [5.41, 5.74) is 2.18. The summed E-state index contributed by atoms with van der Waals surface area (Å²) in [6.45, 7) is 6.67. The van der Waals surface area contributed by atoms with Crippen LogP contribution in [0, 0.1) is 11.8 Å². The lowest BCUT2D eigenvalue weighted by Crippen LogP contribution is -2.32. The molecular weight excluding hydrogens is 381 g/mol. The monoisotopic (exact) mass is 415 g/mol. The number of carbonyl (C=O) groups is 1. The smallest absolute Gasteiger partial charge is 0.224 e. The number of hydrogen-bond donors (Lipinski definition) is 2. The van der Waals surface area contributed by atoms with Gasteiger partial charge in [-0.15, -0.1) is 24.8 Å². The molecule has 0 radical (unpaired) electrons. The largest absolute Gasteiger partial charge is 0.371 e. The molecule has 154 valence electrons. The maximum absolute atomic E-state index is 12.5. The molecule has 0 aliphatic carbocycles. The van der Waals surface area contributed by atoms with Crippen molar-refractivity contribution in [3.8, 4) is 0 Å². The van der Waals surface area contributed by atoms with E-state index in [0.29, 0.717) is 18.3 Å². The minimum absolute atomic E-state index is 0. The first-order valence-electron chi connectivity index (χ1n) is 10.1. The van der Waals surface area contributed by atoms with Gasteiger partial charge in [-0.2, -0.15) is 0 Å². The van der Waals surface area contributed by atoms with Gasteiger partial charge in [0.2, 0.25) is 5.91 Å². The Morgan fingerprint density at radius 1 is 1.15 bits per heavy atom. The summed E-state index contributed by atoms with van der Waals surface area (Å²) in [4.78, 5) is 14.9. The van der Waals surface area contributed by atoms with Gasteiger partial charge in [-0.05, 0) is 68.8 Å². The van der Waals surface area contributed by atoms with Crippen LogP contribution in [-0.2, 0) is 4.79 Å². The molecular formula is C21H35Cl2N3O. The number of piperidine rings is 1. The first-order chi connectivity index (χ1) is 12.2. The molecule has 1 aromatic rings. The fraction of sp³-hybridized carbons (Fsp3) is 0.667. The zero-order valence-corrected chi connectivity index (χ0v) is 18.0. The fourth-order valence-electron chi connectivity index (χ4n) is 4.19. The minimum Gasteiger partial charge on any atom is -0.371 e. The van der Waals surface area contributed by atoms with E-state index in [9.17, 15) is 4.79 Å². The Kier molecular flexibility index (Phi) is 11.1. The molecule has 2 aliphatic rings. The lowest BCUT2D eigenvalue weighted by molar-refractivity contribution is -0.117. The molecule has 2 N–H and O–H groups in total. The van der Waals surface area contributed by atoms with Crippen LogP contribution in [-0.4, -0.2) is 32.1 Å². The van der Waals surface area contributed by atoms with Gasteiger partial charge >= 0.3 is 0 Å². The summed E-state index contributed by atoms with van der Waals surface area (Å²) in [5, 5.41) is 6.53. The highest BCUT2D eigenvalue weighted by Gasteiger charge is 2.22. The van der Waals surface area contributed by atoms with Crippen molar-refractivity contribution >= 4 is 42.1 Å². The molecule has 0 bridgehead atoms. The van der Waals surface area contributed by atoms with Gasteiger partial charge in [0.15, 0.2) is 0 Å². The van der Waals surface area contributed by atoms with E-state index in [0.717, 1.165) is 31.9 Å². The molecule has 1 unspecified atom stereocenters. The molecule has 3 rings (SSSR count). The lowest BCUT2D eigenvalue weighted by Gasteiger charge is -2.28. The van der Waals surface area contributed by atoms with E-state index in [4.69, 9.17) is 0 Å². The zero-order valence-electron chi connectivity index (χ0n) is 16.4. The van der Waals surface area contributed by atoms with Gasteiger partial charge in [0.25, 0.3) is 0 Å². The van der Waals surface area contributed by atoms with Crippen LogP contribution in [0.3, 0.4) is 0 Å². The number of nitrogens with zero attached hydrogens (tertiary/aromatic N) is 1. The number of anilines is 2. The average Bonchev–Trinajstić information content (AvgIpc) is 2.92. The van der Waals surface area contributed by atoms with Crippen LogP contribution in [0.4, 0.5) is 11.4 Å². The van der Waals surface area contributed by atoms with Gasteiger partial charge in [0, 0.05) is 30.9 Å². The highest BCUT2D eigenvalue weighted by molar-refractivity contribution is 5.91. The van der Waals surface area contributed by atoms with E-state index < -0.39 is 0 Å². The van der Waals surface area contributed by atoms with E-state index in [1.54, 1.807) is 0 Å². The van der Waals surface area contributed by atoms with E-state index in [1.165, 1.54) is 44.2 Å². The van der Waals surface area contributed by atoms with Crippen molar-refractivity contribution in [1.29, 1.82) is 0 Å². The van der Waals surface area contributed by atoms with E-state index >= 15 is 0 Å². The second-order valence-electron chi connectivity index (χ2n) is 7.77. The molecule has 4 nitrogen and oxygen atoms in total. The number of halogens is 2. The van der Waals surface area contributed by atoms with Gasteiger partial charge in [-0.3, -0.25) is 4.79 Å². The SMILES string of the molecule is CC(CC(=O)Nc1cccc(N2CCCCCC2)c1)C1CCNCC1.Cl.Cl. The van der Waals surface area contributed by atoms with Crippen molar-refractivity contribution in [2.75, 3.05) is 36.4 Å². The predicted molar refractivity (Wildman–Crippen MR) is 120 cm³/mol. The van der Waals surface area contributed by atoms with E-state index in [1.807, 2.05) is 6.07 Å². The van der Waals surface area contributed by atoms with Crippen molar-refractivity contribution < 1.29 is 4.79 Å².